The molecule has 5 nitrogen and oxygen atoms in total. The number of aliphatic hydroxyl groups excluding tert-OH is 1. The standard InChI is InChI=1S/C16H24N4O/c1-16(5-7-19(2)8-6-16)11-20-14-4-3-12(17)9-13(14)18-15(20)10-21/h3-4,9,21H,5-8,10-11,17H2,1-2H3. The van der Waals surface area contributed by atoms with Crippen molar-refractivity contribution in [3.63, 3.8) is 0 Å². The SMILES string of the molecule is CN1CCC(C)(Cn2c(CO)nc3cc(N)ccc32)CC1. The Morgan fingerprint density at radius 3 is 2.71 bits per heavy atom. The predicted octanol–water partition coefficient (Wildman–Crippen LogP) is 1.84. The number of nitrogen functional groups attached to an aromatic ring is 1. The molecule has 114 valence electrons. The van der Waals surface area contributed by atoms with Gasteiger partial charge in [-0.3, -0.25) is 0 Å². The van der Waals surface area contributed by atoms with Crippen molar-refractivity contribution in [1.29, 1.82) is 0 Å². The molecule has 5 heteroatoms. The summed E-state index contributed by atoms with van der Waals surface area (Å²) in [4.78, 5) is 6.90. The van der Waals surface area contributed by atoms with Crippen molar-refractivity contribution in [2.45, 2.75) is 32.9 Å². The second kappa shape index (κ2) is 5.31. The lowest BCUT2D eigenvalue weighted by atomic mass is 9.80. The maximum Gasteiger partial charge on any atom is 0.135 e. The van der Waals surface area contributed by atoms with E-state index in [1.54, 1.807) is 0 Å². The van der Waals surface area contributed by atoms with Crippen molar-refractivity contribution in [1.82, 2.24) is 14.5 Å². The summed E-state index contributed by atoms with van der Waals surface area (Å²) in [6, 6.07) is 5.79. The quantitative estimate of drug-likeness (QED) is 0.846. The predicted molar refractivity (Wildman–Crippen MR) is 84.9 cm³/mol. The molecule has 1 aromatic heterocycles. The second-order valence-corrected chi connectivity index (χ2v) is 6.63. The molecule has 3 rings (SSSR count). The van der Waals surface area contributed by atoms with Crippen LogP contribution in [0.25, 0.3) is 11.0 Å². The molecule has 1 aliphatic rings. The molecule has 2 aromatic rings. The molecule has 0 atom stereocenters. The summed E-state index contributed by atoms with van der Waals surface area (Å²) in [5.74, 6) is 0.732. The smallest absolute Gasteiger partial charge is 0.135 e. The number of imidazole rings is 1. The van der Waals surface area contributed by atoms with Crippen LogP contribution >= 0.6 is 0 Å². The zero-order chi connectivity index (χ0) is 15.0. The third-order valence-electron chi connectivity index (χ3n) is 4.73. The molecular formula is C16H24N4O. The van der Waals surface area contributed by atoms with Gasteiger partial charge in [0.25, 0.3) is 0 Å². The number of hydrogen-bond donors (Lipinski definition) is 2. The lowest BCUT2D eigenvalue weighted by molar-refractivity contribution is 0.119. The van der Waals surface area contributed by atoms with Crippen LogP contribution in [0.3, 0.4) is 0 Å². The van der Waals surface area contributed by atoms with Gasteiger partial charge in [-0.15, -0.1) is 0 Å². The maximum absolute atomic E-state index is 9.62. The van der Waals surface area contributed by atoms with E-state index < -0.39 is 0 Å². The molecule has 0 amide bonds. The first-order valence-electron chi connectivity index (χ1n) is 7.55. The van der Waals surface area contributed by atoms with Crippen LogP contribution in [0.2, 0.25) is 0 Å². The molecule has 1 saturated heterocycles. The van der Waals surface area contributed by atoms with E-state index in [1.165, 1.54) is 12.8 Å². The van der Waals surface area contributed by atoms with Gasteiger partial charge in [0.2, 0.25) is 0 Å². The number of likely N-dealkylation sites (tertiary alicyclic amines) is 1. The molecule has 0 radical (unpaired) electrons. The lowest BCUT2D eigenvalue weighted by Crippen LogP contribution is -2.38. The summed E-state index contributed by atoms with van der Waals surface area (Å²) in [5, 5.41) is 9.62. The topological polar surface area (TPSA) is 67.3 Å². The Morgan fingerprint density at radius 2 is 2.05 bits per heavy atom. The van der Waals surface area contributed by atoms with Gasteiger partial charge in [0.15, 0.2) is 0 Å². The first kappa shape index (κ1) is 14.4. The summed E-state index contributed by atoms with van der Waals surface area (Å²) in [6.07, 6.45) is 2.34. The highest BCUT2D eigenvalue weighted by Crippen LogP contribution is 2.34. The van der Waals surface area contributed by atoms with Gasteiger partial charge >= 0.3 is 0 Å². The Labute approximate surface area is 125 Å². The third kappa shape index (κ3) is 2.76. The Balaban J connectivity index is 1.96. The number of rotatable bonds is 3. The van der Waals surface area contributed by atoms with Gasteiger partial charge in [0, 0.05) is 12.2 Å². The minimum Gasteiger partial charge on any atom is -0.399 e. The molecule has 1 fully saturated rings. The van der Waals surface area contributed by atoms with Gasteiger partial charge in [-0.2, -0.15) is 0 Å². The number of anilines is 1. The monoisotopic (exact) mass is 288 g/mol. The highest BCUT2D eigenvalue weighted by molar-refractivity contribution is 5.79. The van der Waals surface area contributed by atoms with Crippen LogP contribution in [-0.4, -0.2) is 39.7 Å². The van der Waals surface area contributed by atoms with Crippen LogP contribution in [0.5, 0.6) is 0 Å². The number of hydrogen-bond acceptors (Lipinski definition) is 4. The second-order valence-electron chi connectivity index (χ2n) is 6.63. The van der Waals surface area contributed by atoms with Gasteiger partial charge in [-0.25, -0.2) is 4.98 Å². The van der Waals surface area contributed by atoms with E-state index in [1.807, 2.05) is 18.2 Å². The largest absolute Gasteiger partial charge is 0.399 e. The van der Waals surface area contributed by atoms with E-state index >= 15 is 0 Å². The molecule has 2 heterocycles. The van der Waals surface area contributed by atoms with Crippen LogP contribution in [-0.2, 0) is 13.2 Å². The van der Waals surface area contributed by atoms with Gasteiger partial charge < -0.3 is 20.3 Å². The van der Waals surface area contributed by atoms with Gasteiger partial charge in [-0.1, -0.05) is 6.92 Å². The van der Waals surface area contributed by atoms with E-state index in [4.69, 9.17) is 5.73 Å². The average molecular weight is 288 g/mol. The summed E-state index contributed by atoms with van der Waals surface area (Å²) >= 11 is 0. The minimum atomic E-state index is -0.0371. The molecule has 0 bridgehead atoms. The average Bonchev–Trinajstić information content (AvgIpc) is 2.79. The zero-order valence-corrected chi connectivity index (χ0v) is 12.8. The fourth-order valence-electron chi connectivity index (χ4n) is 3.19. The lowest BCUT2D eigenvalue weighted by Gasteiger charge is -2.38. The Bertz CT molecular complexity index is 641. The Morgan fingerprint density at radius 1 is 1.33 bits per heavy atom. The molecule has 1 aromatic carbocycles. The number of piperidine rings is 1. The molecule has 0 aliphatic carbocycles. The summed E-state index contributed by atoms with van der Waals surface area (Å²) in [5.41, 5.74) is 8.73. The third-order valence-corrected chi connectivity index (χ3v) is 4.73. The molecule has 0 saturated carbocycles. The number of nitrogens with two attached hydrogens (primary N) is 1. The summed E-state index contributed by atoms with van der Waals surface area (Å²) in [6.45, 7) is 5.46. The van der Waals surface area contributed by atoms with Crippen LogP contribution in [0, 0.1) is 5.41 Å². The van der Waals surface area contributed by atoms with Crippen LogP contribution in [0.4, 0.5) is 5.69 Å². The molecule has 0 spiro atoms. The number of nitrogens with zero attached hydrogens (tertiary/aromatic N) is 3. The molecule has 0 unspecified atom stereocenters. The van der Waals surface area contributed by atoms with Gasteiger partial charge in [0.05, 0.1) is 11.0 Å². The van der Waals surface area contributed by atoms with E-state index in [2.05, 4.69) is 28.4 Å². The minimum absolute atomic E-state index is 0.0371. The fraction of sp³-hybridized carbons (Fsp3) is 0.562. The van der Waals surface area contributed by atoms with Gasteiger partial charge in [-0.05, 0) is 56.6 Å². The molecule has 1 aliphatic heterocycles. The van der Waals surface area contributed by atoms with E-state index in [0.717, 1.165) is 36.5 Å². The normalized spacial score (nSPS) is 19.2. The zero-order valence-electron chi connectivity index (χ0n) is 12.8. The van der Waals surface area contributed by atoms with Crippen LogP contribution in [0.1, 0.15) is 25.6 Å². The number of fused-ring (bicyclic) bond motifs is 1. The molecule has 3 N–H and O–H groups in total. The highest BCUT2D eigenvalue weighted by atomic mass is 16.3. The van der Waals surface area contributed by atoms with Crippen LogP contribution in [0.15, 0.2) is 18.2 Å². The maximum atomic E-state index is 9.62. The summed E-state index contributed by atoms with van der Waals surface area (Å²) < 4.78 is 2.17. The van der Waals surface area contributed by atoms with Crippen LogP contribution < -0.4 is 5.73 Å². The van der Waals surface area contributed by atoms with E-state index in [-0.39, 0.29) is 12.0 Å². The number of aliphatic hydroxyl groups is 1. The fourth-order valence-corrected chi connectivity index (χ4v) is 3.19. The van der Waals surface area contributed by atoms with E-state index in [9.17, 15) is 5.11 Å². The first-order valence-corrected chi connectivity index (χ1v) is 7.55. The van der Waals surface area contributed by atoms with Gasteiger partial charge in [0.1, 0.15) is 12.4 Å². The molecular weight excluding hydrogens is 264 g/mol. The highest BCUT2D eigenvalue weighted by Gasteiger charge is 2.30. The van der Waals surface area contributed by atoms with E-state index in [0.29, 0.717) is 5.69 Å². The van der Waals surface area contributed by atoms with Crippen molar-refractivity contribution in [3.05, 3.63) is 24.0 Å². The molecule has 21 heavy (non-hydrogen) atoms. The Hall–Kier alpha value is -1.59. The van der Waals surface area contributed by atoms with Crippen molar-refractivity contribution in [2.75, 3.05) is 25.9 Å². The number of aromatic nitrogens is 2. The van der Waals surface area contributed by atoms with Crippen molar-refractivity contribution in [3.8, 4) is 0 Å². The number of benzene rings is 1. The van der Waals surface area contributed by atoms with Crippen molar-refractivity contribution >= 4 is 16.7 Å². The van der Waals surface area contributed by atoms with Crippen molar-refractivity contribution < 1.29 is 5.11 Å². The first-order chi connectivity index (χ1) is 10.0. The summed E-state index contributed by atoms with van der Waals surface area (Å²) in [7, 11) is 2.17. The van der Waals surface area contributed by atoms with Crippen molar-refractivity contribution in [2.24, 2.45) is 5.41 Å². The Kier molecular flexibility index (Phi) is 3.63.